The van der Waals surface area contributed by atoms with Crippen LogP contribution in [0, 0.1) is 0 Å². The molecule has 2 aromatic rings. The Morgan fingerprint density at radius 3 is 2.73 bits per heavy atom. The maximum atomic E-state index is 13.1. The molecular formula is C21H26N2O2S. The molecule has 1 fully saturated rings. The number of carbonyl (C=O) groups excluding carboxylic acids is 1. The molecule has 1 aromatic carbocycles. The molecule has 4 rings (SSSR count). The van der Waals surface area contributed by atoms with Crippen molar-refractivity contribution in [3.8, 4) is 0 Å². The van der Waals surface area contributed by atoms with Gasteiger partial charge in [0.2, 0.25) is 0 Å². The summed E-state index contributed by atoms with van der Waals surface area (Å²) in [4.78, 5) is 16.8. The second-order valence-electron chi connectivity index (χ2n) is 7.11. The van der Waals surface area contributed by atoms with E-state index in [2.05, 4.69) is 27.7 Å². The lowest BCUT2D eigenvalue weighted by atomic mass is 9.95. The maximum Gasteiger partial charge on any atom is 0.252 e. The molecule has 1 amide bonds. The first-order valence-corrected chi connectivity index (χ1v) is 10.4. The lowest BCUT2D eigenvalue weighted by Gasteiger charge is -2.31. The Morgan fingerprint density at radius 1 is 1.15 bits per heavy atom. The molecule has 1 aliphatic heterocycles. The normalized spacial score (nSPS) is 18.9. The fourth-order valence-corrected chi connectivity index (χ4v) is 5.01. The average Bonchev–Trinajstić information content (AvgIpc) is 3.13. The van der Waals surface area contributed by atoms with Gasteiger partial charge in [0, 0.05) is 29.9 Å². The van der Waals surface area contributed by atoms with Gasteiger partial charge in [-0.25, -0.2) is 0 Å². The number of thiophene rings is 1. The molecule has 0 radical (unpaired) electrons. The highest BCUT2D eigenvalue weighted by molar-refractivity contribution is 7.10. The number of hydrogen-bond acceptors (Lipinski definition) is 4. The van der Waals surface area contributed by atoms with Crippen molar-refractivity contribution in [2.24, 2.45) is 0 Å². The van der Waals surface area contributed by atoms with E-state index in [0.717, 1.165) is 56.8 Å². The summed E-state index contributed by atoms with van der Waals surface area (Å²) in [5, 5.41) is 5.38. The molecule has 0 bridgehead atoms. The van der Waals surface area contributed by atoms with Crippen molar-refractivity contribution in [3.63, 3.8) is 0 Å². The molecule has 1 aromatic heterocycles. The summed E-state index contributed by atoms with van der Waals surface area (Å²) in [7, 11) is 0. The number of morpholine rings is 1. The molecule has 0 saturated carbocycles. The third-order valence-electron chi connectivity index (χ3n) is 5.36. The molecule has 2 heterocycles. The summed E-state index contributed by atoms with van der Waals surface area (Å²) >= 11 is 1.75. The topological polar surface area (TPSA) is 41.6 Å². The van der Waals surface area contributed by atoms with Crippen molar-refractivity contribution in [2.45, 2.75) is 31.7 Å². The summed E-state index contributed by atoms with van der Waals surface area (Å²) in [6.45, 7) is 4.21. The van der Waals surface area contributed by atoms with Crippen molar-refractivity contribution >= 4 is 17.2 Å². The monoisotopic (exact) mass is 370 g/mol. The van der Waals surface area contributed by atoms with Crippen LogP contribution < -0.4 is 5.32 Å². The van der Waals surface area contributed by atoms with E-state index in [9.17, 15) is 4.79 Å². The molecule has 138 valence electrons. The summed E-state index contributed by atoms with van der Waals surface area (Å²) in [6.07, 6.45) is 4.61. The number of benzene rings is 1. The van der Waals surface area contributed by atoms with E-state index in [1.165, 1.54) is 23.3 Å². The Bertz CT molecular complexity index is 738. The van der Waals surface area contributed by atoms with E-state index >= 15 is 0 Å². The van der Waals surface area contributed by atoms with Gasteiger partial charge in [0.15, 0.2) is 0 Å². The number of fused-ring (bicyclic) bond motifs is 1. The van der Waals surface area contributed by atoms with Crippen LogP contribution in [0.2, 0.25) is 0 Å². The Balaban J connectivity index is 1.52. The van der Waals surface area contributed by atoms with Gasteiger partial charge in [-0.15, -0.1) is 11.3 Å². The second-order valence-corrected chi connectivity index (χ2v) is 8.07. The van der Waals surface area contributed by atoms with Crippen LogP contribution in [0.15, 0.2) is 35.7 Å². The third-order valence-corrected chi connectivity index (χ3v) is 6.45. The molecule has 1 unspecified atom stereocenters. The Kier molecular flexibility index (Phi) is 5.68. The van der Waals surface area contributed by atoms with Gasteiger partial charge in [-0.2, -0.15) is 0 Å². The van der Waals surface area contributed by atoms with Crippen molar-refractivity contribution in [2.75, 3.05) is 32.8 Å². The first kappa shape index (κ1) is 17.7. The molecular weight excluding hydrogens is 344 g/mol. The van der Waals surface area contributed by atoms with Gasteiger partial charge in [-0.05, 0) is 36.8 Å². The summed E-state index contributed by atoms with van der Waals surface area (Å²) in [5.41, 5.74) is 3.35. The van der Waals surface area contributed by atoms with Gasteiger partial charge in [0.25, 0.3) is 5.91 Å². The van der Waals surface area contributed by atoms with Crippen molar-refractivity contribution < 1.29 is 9.53 Å². The van der Waals surface area contributed by atoms with Crippen molar-refractivity contribution in [1.29, 1.82) is 0 Å². The van der Waals surface area contributed by atoms with Gasteiger partial charge < -0.3 is 10.1 Å². The van der Waals surface area contributed by atoms with Crippen molar-refractivity contribution in [1.82, 2.24) is 10.2 Å². The Morgan fingerprint density at radius 2 is 1.92 bits per heavy atom. The molecule has 0 spiro atoms. The zero-order chi connectivity index (χ0) is 17.8. The number of rotatable bonds is 5. The molecule has 1 atom stereocenters. The van der Waals surface area contributed by atoms with Crippen LogP contribution in [-0.2, 0) is 17.6 Å². The maximum absolute atomic E-state index is 13.1. The average molecular weight is 371 g/mol. The van der Waals surface area contributed by atoms with Crippen LogP contribution in [0.4, 0.5) is 0 Å². The Labute approximate surface area is 159 Å². The minimum absolute atomic E-state index is 0.000871. The number of hydrogen-bond donors (Lipinski definition) is 1. The molecule has 1 saturated heterocycles. The van der Waals surface area contributed by atoms with Crippen LogP contribution in [0.25, 0.3) is 0 Å². The highest BCUT2D eigenvalue weighted by Gasteiger charge is 2.24. The third kappa shape index (κ3) is 4.00. The molecule has 4 nitrogen and oxygen atoms in total. The smallest absolute Gasteiger partial charge is 0.252 e. The fraction of sp³-hybridized carbons (Fsp3) is 0.476. The van der Waals surface area contributed by atoms with E-state index in [1.54, 1.807) is 11.3 Å². The van der Waals surface area contributed by atoms with Crippen LogP contribution in [-0.4, -0.2) is 43.7 Å². The van der Waals surface area contributed by atoms with Crippen LogP contribution in [0.5, 0.6) is 0 Å². The van der Waals surface area contributed by atoms with Gasteiger partial charge in [0.05, 0.1) is 24.8 Å². The fourth-order valence-electron chi connectivity index (χ4n) is 3.88. The molecule has 5 heteroatoms. The summed E-state index contributed by atoms with van der Waals surface area (Å²) in [6, 6.07) is 10.3. The first-order chi connectivity index (χ1) is 12.8. The first-order valence-electron chi connectivity index (χ1n) is 9.56. The van der Waals surface area contributed by atoms with Crippen LogP contribution in [0.3, 0.4) is 0 Å². The minimum atomic E-state index is 0.000871. The highest BCUT2D eigenvalue weighted by Crippen LogP contribution is 2.30. The van der Waals surface area contributed by atoms with E-state index in [1.807, 2.05) is 18.2 Å². The van der Waals surface area contributed by atoms with Gasteiger partial charge in [-0.1, -0.05) is 30.3 Å². The van der Waals surface area contributed by atoms with E-state index in [4.69, 9.17) is 4.74 Å². The lowest BCUT2D eigenvalue weighted by molar-refractivity contribution is 0.0332. The summed E-state index contributed by atoms with van der Waals surface area (Å²) < 4.78 is 5.46. The summed E-state index contributed by atoms with van der Waals surface area (Å²) in [5.74, 6) is 0.0755. The van der Waals surface area contributed by atoms with Crippen molar-refractivity contribution in [3.05, 3.63) is 57.3 Å². The SMILES string of the molecule is O=C(NC(CN1CCOCC1)c1ccccc1)c1csc2c1CCCC2. The molecule has 1 aliphatic carbocycles. The minimum Gasteiger partial charge on any atom is -0.379 e. The Hall–Kier alpha value is -1.69. The molecule has 1 N–H and O–H groups in total. The highest BCUT2D eigenvalue weighted by atomic mass is 32.1. The molecule has 2 aliphatic rings. The number of carbonyl (C=O) groups is 1. The predicted molar refractivity (Wildman–Crippen MR) is 105 cm³/mol. The number of amides is 1. The van der Waals surface area contributed by atoms with E-state index in [0.29, 0.717) is 0 Å². The lowest BCUT2D eigenvalue weighted by Crippen LogP contribution is -2.43. The van der Waals surface area contributed by atoms with E-state index < -0.39 is 0 Å². The second kappa shape index (κ2) is 8.33. The zero-order valence-corrected chi connectivity index (χ0v) is 15.9. The van der Waals surface area contributed by atoms with Gasteiger partial charge >= 0.3 is 0 Å². The molecule has 26 heavy (non-hydrogen) atoms. The largest absolute Gasteiger partial charge is 0.379 e. The number of aryl methyl sites for hydroxylation is 1. The predicted octanol–water partition coefficient (Wildman–Crippen LogP) is 3.43. The zero-order valence-electron chi connectivity index (χ0n) is 15.1. The standard InChI is InChI=1S/C21H26N2O2S/c24-21(18-15-26-20-9-5-4-8-17(18)20)22-19(16-6-2-1-3-7-16)14-23-10-12-25-13-11-23/h1-3,6-7,15,19H,4-5,8-14H2,(H,22,24). The number of nitrogens with zero attached hydrogens (tertiary/aromatic N) is 1. The van der Waals surface area contributed by atoms with Crippen LogP contribution in [0.1, 0.15) is 45.2 Å². The van der Waals surface area contributed by atoms with Gasteiger partial charge in [-0.3, -0.25) is 9.69 Å². The van der Waals surface area contributed by atoms with Gasteiger partial charge in [0.1, 0.15) is 0 Å². The quantitative estimate of drug-likeness (QED) is 0.877. The number of nitrogens with one attached hydrogen (secondary N) is 1. The number of ether oxygens (including phenoxy) is 1. The van der Waals surface area contributed by atoms with Crippen LogP contribution >= 0.6 is 11.3 Å². The van der Waals surface area contributed by atoms with E-state index in [-0.39, 0.29) is 11.9 Å².